The molecule has 0 aliphatic carbocycles. The molecule has 0 saturated carbocycles. The molecule has 2 aromatic rings. The lowest BCUT2D eigenvalue weighted by Gasteiger charge is -2.25. The van der Waals surface area contributed by atoms with E-state index in [1.165, 1.54) is 12.1 Å². The number of carbonyl (C=O) groups is 3. The third-order valence-electron chi connectivity index (χ3n) is 5.25. The van der Waals surface area contributed by atoms with Crippen molar-refractivity contribution < 1.29 is 22.8 Å². The van der Waals surface area contributed by atoms with Gasteiger partial charge in [0.1, 0.15) is 12.1 Å². The summed E-state index contributed by atoms with van der Waals surface area (Å²) in [6, 6.07) is 7.18. The number of ketones is 1. The molecule has 32 heavy (non-hydrogen) atoms. The molecule has 10 heteroatoms. The number of rotatable bonds is 6. The van der Waals surface area contributed by atoms with Crippen LogP contribution in [-0.4, -0.2) is 49.6 Å². The van der Waals surface area contributed by atoms with Gasteiger partial charge < -0.3 is 10.6 Å². The fourth-order valence-electron chi connectivity index (χ4n) is 3.45. The van der Waals surface area contributed by atoms with Crippen LogP contribution >= 0.6 is 0 Å². The molecule has 9 nitrogen and oxygen atoms in total. The second kappa shape index (κ2) is 10.0. The molecule has 3 N–H and O–H groups in total. The smallest absolute Gasteiger partial charge is 0.289 e. The van der Waals surface area contributed by atoms with Crippen LogP contribution in [0.4, 0.5) is 0 Å². The lowest BCUT2D eigenvalue weighted by atomic mass is 9.97. The molecule has 1 aliphatic rings. The Kier molecular flexibility index (Phi) is 7.37. The first-order chi connectivity index (χ1) is 15.2. The van der Waals surface area contributed by atoms with Crippen LogP contribution < -0.4 is 15.4 Å². The number of Topliss-reactive ketones (excluding diaryl/α,β-unsaturated/α-hetero) is 1. The molecule has 3 rings (SSSR count). The number of carbonyl (C=O) groups excluding carboxylic acids is 3. The number of fused-ring (bicyclic) bond motifs is 1. The number of hydrogen-bond donors (Lipinski definition) is 3. The van der Waals surface area contributed by atoms with E-state index in [0.29, 0.717) is 6.42 Å². The van der Waals surface area contributed by atoms with Crippen molar-refractivity contribution >= 4 is 27.6 Å². The Labute approximate surface area is 187 Å². The highest BCUT2D eigenvalue weighted by molar-refractivity contribution is 7.89. The van der Waals surface area contributed by atoms with Gasteiger partial charge in [0.15, 0.2) is 0 Å². The first-order valence-corrected chi connectivity index (χ1v) is 11.8. The second-order valence-corrected chi connectivity index (χ2v) is 9.65. The largest absolute Gasteiger partial charge is 0.349 e. The molecule has 0 bridgehead atoms. The predicted molar refractivity (Wildman–Crippen MR) is 117 cm³/mol. The summed E-state index contributed by atoms with van der Waals surface area (Å²) in [6.45, 7) is 3.66. The number of sulfonamides is 1. The number of pyridine rings is 1. The van der Waals surface area contributed by atoms with Gasteiger partial charge in [-0.2, -0.15) is 4.72 Å². The average Bonchev–Trinajstić information content (AvgIpc) is 2.82. The molecule has 170 valence electrons. The van der Waals surface area contributed by atoms with Crippen molar-refractivity contribution in [2.75, 3.05) is 6.54 Å². The molecule has 2 heterocycles. The summed E-state index contributed by atoms with van der Waals surface area (Å²) in [7, 11) is -3.97. The van der Waals surface area contributed by atoms with Crippen LogP contribution in [-0.2, 0) is 37.2 Å². The van der Waals surface area contributed by atoms with E-state index in [1.54, 1.807) is 50.5 Å². The van der Waals surface area contributed by atoms with E-state index in [-0.39, 0.29) is 17.9 Å². The molecule has 1 aromatic heterocycles. The van der Waals surface area contributed by atoms with E-state index < -0.39 is 45.6 Å². The number of aromatic nitrogens is 1. The zero-order valence-corrected chi connectivity index (χ0v) is 18.7. The molecule has 2 amide bonds. The van der Waals surface area contributed by atoms with Gasteiger partial charge in [0, 0.05) is 25.4 Å². The van der Waals surface area contributed by atoms with Gasteiger partial charge in [-0.3, -0.25) is 19.4 Å². The molecule has 2 unspecified atom stereocenters. The fraction of sp³-hybridized carbons (Fsp3) is 0.364. The topological polar surface area (TPSA) is 134 Å². The van der Waals surface area contributed by atoms with Crippen LogP contribution in [0.2, 0.25) is 0 Å². The van der Waals surface area contributed by atoms with Gasteiger partial charge in [0.05, 0.1) is 4.90 Å². The van der Waals surface area contributed by atoms with Crippen molar-refractivity contribution in [3.05, 3.63) is 59.9 Å². The quantitative estimate of drug-likeness (QED) is 0.535. The first kappa shape index (κ1) is 23.6. The third-order valence-corrected chi connectivity index (χ3v) is 6.71. The minimum atomic E-state index is -3.97. The Morgan fingerprint density at radius 3 is 2.53 bits per heavy atom. The minimum Gasteiger partial charge on any atom is -0.349 e. The van der Waals surface area contributed by atoms with Gasteiger partial charge in [0.25, 0.3) is 5.91 Å². The van der Waals surface area contributed by atoms with Crippen molar-refractivity contribution in [2.24, 2.45) is 5.92 Å². The minimum absolute atomic E-state index is 0.0257. The monoisotopic (exact) mass is 458 g/mol. The Hall–Kier alpha value is -3.11. The highest BCUT2D eigenvalue weighted by atomic mass is 32.2. The van der Waals surface area contributed by atoms with Gasteiger partial charge in [-0.15, -0.1) is 0 Å². The summed E-state index contributed by atoms with van der Waals surface area (Å²) in [5.74, 6) is -2.66. The van der Waals surface area contributed by atoms with Crippen LogP contribution in [0.1, 0.15) is 25.0 Å². The van der Waals surface area contributed by atoms with Crippen molar-refractivity contribution in [1.82, 2.24) is 20.3 Å². The van der Waals surface area contributed by atoms with Gasteiger partial charge >= 0.3 is 0 Å². The standard InChI is InChI=1S/C22H26N4O5S/c1-14(2)19(26-32(30,31)17-6-4-3-5-7-17)21(28)25-18-12-15-8-10-23-13-16(15)9-11-24-22(29)20(18)27/h3-8,10,13-14,18-19,26H,9,11-12H2,1-2H3,(H,24,29)(H,25,28). The first-order valence-electron chi connectivity index (χ1n) is 10.3. The lowest BCUT2D eigenvalue weighted by molar-refractivity contribution is -0.140. The molecule has 0 radical (unpaired) electrons. The van der Waals surface area contributed by atoms with Crippen LogP contribution in [0, 0.1) is 5.92 Å². The zero-order chi connectivity index (χ0) is 23.3. The van der Waals surface area contributed by atoms with E-state index in [4.69, 9.17) is 0 Å². The number of benzene rings is 1. The van der Waals surface area contributed by atoms with E-state index in [1.807, 2.05) is 0 Å². The van der Waals surface area contributed by atoms with Gasteiger partial charge in [-0.25, -0.2) is 8.42 Å². The molecule has 1 aliphatic heterocycles. The van der Waals surface area contributed by atoms with Crippen molar-refractivity contribution in [1.29, 1.82) is 0 Å². The Morgan fingerprint density at radius 2 is 1.84 bits per heavy atom. The van der Waals surface area contributed by atoms with Crippen molar-refractivity contribution in [3.63, 3.8) is 0 Å². The van der Waals surface area contributed by atoms with Gasteiger partial charge in [-0.1, -0.05) is 32.0 Å². The number of hydrogen-bond acceptors (Lipinski definition) is 6. The van der Waals surface area contributed by atoms with Crippen LogP contribution in [0.15, 0.2) is 53.7 Å². The summed E-state index contributed by atoms with van der Waals surface area (Å²) in [5.41, 5.74) is 1.66. The normalized spacial score (nSPS) is 18.0. The maximum atomic E-state index is 13.1. The van der Waals surface area contributed by atoms with Crippen molar-refractivity contribution in [3.8, 4) is 0 Å². The van der Waals surface area contributed by atoms with Crippen molar-refractivity contribution in [2.45, 2.75) is 43.7 Å². The number of nitrogens with zero attached hydrogens (tertiary/aromatic N) is 1. The summed E-state index contributed by atoms with van der Waals surface area (Å²) < 4.78 is 27.9. The van der Waals surface area contributed by atoms with Gasteiger partial charge in [0.2, 0.25) is 21.7 Å². The Morgan fingerprint density at radius 1 is 1.12 bits per heavy atom. The highest BCUT2D eigenvalue weighted by Crippen LogP contribution is 2.15. The van der Waals surface area contributed by atoms with E-state index in [9.17, 15) is 22.8 Å². The molecule has 0 saturated heterocycles. The maximum Gasteiger partial charge on any atom is 0.289 e. The summed E-state index contributed by atoms with van der Waals surface area (Å²) in [5, 5.41) is 5.15. The van der Waals surface area contributed by atoms with Crippen LogP contribution in [0.5, 0.6) is 0 Å². The fourth-order valence-corrected chi connectivity index (χ4v) is 4.82. The SMILES string of the molecule is CC(C)C(NS(=O)(=O)c1ccccc1)C(=O)NC1Cc2ccncc2CCNC(=O)C1=O. The molecule has 1 aromatic carbocycles. The summed E-state index contributed by atoms with van der Waals surface area (Å²) >= 11 is 0. The lowest BCUT2D eigenvalue weighted by Crippen LogP contribution is -2.55. The molecule has 0 fully saturated rings. The zero-order valence-electron chi connectivity index (χ0n) is 17.9. The average molecular weight is 459 g/mol. The summed E-state index contributed by atoms with van der Waals surface area (Å²) in [4.78, 5) is 42.1. The third kappa shape index (κ3) is 5.57. The number of nitrogens with one attached hydrogen (secondary N) is 3. The van der Waals surface area contributed by atoms with Crippen LogP contribution in [0.3, 0.4) is 0 Å². The Balaban J connectivity index is 1.84. The molecular weight excluding hydrogens is 432 g/mol. The molecule has 2 atom stereocenters. The highest BCUT2D eigenvalue weighted by Gasteiger charge is 2.34. The van der Waals surface area contributed by atoms with Gasteiger partial charge in [-0.05, 0) is 41.7 Å². The molecule has 0 spiro atoms. The van der Waals surface area contributed by atoms with E-state index >= 15 is 0 Å². The Bertz CT molecular complexity index is 1100. The van der Waals surface area contributed by atoms with E-state index in [2.05, 4.69) is 20.3 Å². The predicted octanol–water partition coefficient (Wildman–Crippen LogP) is 0.353. The van der Waals surface area contributed by atoms with E-state index in [0.717, 1.165) is 11.1 Å². The number of amides is 2. The van der Waals surface area contributed by atoms with Crippen LogP contribution in [0.25, 0.3) is 0 Å². The summed E-state index contributed by atoms with van der Waals surface area (Å²) in [6.07, 6.45) is 3.86. The maximum absolute atomic E-state index is 13.1. The second-order valence-electron chi connectivity index (χ2n) is 7.94. The molecular formula is C22H26N4O5S.